The zero-order valence-electron chi connectivity index (χ0n) is 19.9. The van der Waals surface area contributed by atoms with Crippen LogP contribution in [0.1, 0.15) is 33.6 Å². The van der Waals surface area contributed by atoms with E-state index >= 15 is 0 Å². The van der Waals surface area contributed by atoms with E-state index in [1.807, 2.05) is 26.0 Å². The molecule has 0 saturated heterocycles. The van der Waals surface area contributed by atoms with Gasteiger partial charge in [0.1, 0.15) is 6.54 Å². The SMILES string of the molecule is Cc1cc(C)cc(-n2c(C)cc(/C=N/NC(=O)CN(c3ccccc3C)S(C)(=O)=O)c2C)c1. The van der Waals surface area contributed by atoms with E-state index in [1.54, 1.807) is 31.3 Å². The minimum Gasteiger partial charge on any atom is -0.318 e. The molecule has 3 rings (SSSR count). The Labute approximate surface area is 195 Å². The van der Waals surface area contributed by atoms with Crippen molar-refractivity contribution in [1.82, 2.24) is 9.99 Å². The normalized spacial score (nSPS) is 11.7. The molecule has 3 aromatic rings. The fourth-order valence-electron chi connectivity index (χ4n) is 3.96. The Morgan fingerprint density at radius 3 is 2.27 bits per heavy atom. The third-order valence-electron chi connectivity index (χ3n) is 5.40. The first-order valence-electron chi connectivity index (χ1n) is 10.6. The molecule has 0 radical (unpaired) electrons. The average molecular weight is 467 g/mol. The lowest BCUT2D eigenvalue weighted by Gasteiger charge is -2.23. The molecule has 7 nitrogen and oxygen atoms in total. The molecule has 0 unspecified atom stereocenters. The number of para-hydroxylation sites is 1. The summed E-state index contributed by atoms with van der Waals surface area (Å²) in [6.07, 6.45) is 2.66. The van der Waals surface area contributed by atoms with E-state index in [1.165, 1.54) is 11.1 Å². The Morgan fingerprint density at radius 1 is 1.03 bits per heavy atom. The average Bonchev–Trinajstić information content (AvgIpc) is 2.98. The third-order valence-corrected chi connectivity index (χ3v) is 6.53. The van der Waals surface area contributed by atoms with Crippen LogP contribution in [-0.4, -0.2) is 37.9 Å². The fourth-order valence-corrected chi connectivity index (χ4v) is 4.87. The molecule has 0 atom stereocenters. The molecule has 0 spiro atoms. The van der Waals surface area contributed by atoms with Crippen molar-refractivity contribution in [1.29, 1.82) is 0 Å². The highest BCUT2D eigenvalue weighted by atomic mass is 32.2. The van der Waals surface area contributed by atoms with Crippen molar-refractivity contribution < 1.29 is 13.2 Å². The minimum atomic E-state index is -3.64. The lowest BCUT2D eigenvalue weighted by atomic mass is 10.1. The molecule has 1 heterocycles. The van der Waals surface area contributed by atoms with Crippen LogP contribution in [0.5, 0.6) is 0 Å². The molecular weight excluding hydrogens is 436 g/mol. The highest BCUT2D eigenvalue weighted by Crippen LogP contribution is 2.23. The quantitative estimate of drug-likeness (QED) is 0.423. The van der Waals surface area contributed by atoms with Gasteiger partial charge in [0, 0.05) is 22.6 Å². The van der Waals surface area contributed by atoms with E-state index in [-0.39, 0.29) is 6.54 Å². The van der Waals surface area contributed by atoms with Crippen LogP contribution in [0.15, 0.2) is 53.6 Å². The predicted molar refractivity (Wildman–Crippen MR) is 134 cm³/mol. The fraction of sp³-hybridized carbons (Fsp3) is 0.280. The van der Waals surface area contributed by atoms with E-state index in [0.29, 0.717) is 5.69 Å². The van der Waals surface area contributed by atoms with Crippen molar-refractivity contribution >= 4 is 27.8 Å². The maximum absolute atomic E-state index is 12.5. The van der Waals surface area contributed by atoms with Gasteiger partial charge in [-0.15, -0.1) is 0 Å². The van der Waals surface area contributed by atoms with Crippen molar-refractivity contribution in [2.24, 2.45) is 5.10 Å². The number of carbonyl (C=O) groups is 1. The first-order valence-corrected chi connectivity index (χ1v) is 12.4. The first-order chi connectivity index (χ1) is 15.5. The van der Waals surface area contributed by atoms with E-state index in [2.05, 4.69) is 47.1 Å². The largest absolute Gasteiger partial charge is 0.318 e. The van der Waals surface area contributed by atoms with E-state index in [0.717, 1.165) is 38.8 Å². The number of amides is 1. The second-order valence-corrected chi connectivity index (χ2v) is 10.3. The Bertz CT molecular complexity index is 1300. The summed E-state index contributed by atoms with van der Waals surface area (Å²) in [7, 11) is -3.64. The summed E-state index contributed by atoms with van der Waals surface area (Å²) >= 11 is 0. The van der Waals surface area contributed by atoms with Crippen molar-refractivity contribution in [3.63, 3.8) is 0 Å². The Morgan fingerprint density at radius 2 is 1.67 bits per heavy atom. The maximum Gasteiger partial charge on any atom is 0.260 e. The van der Waals surface area contributed by atoms with Crippen LogP contribution in [0.3, 0.4) is 0 Å². The second-order valence-electron chi connectivity index (χ2n) is 8.36. The van der Waals surface area contributed by atoms with Gasteiger partial charge in [-0.05, 0) is 75.6 Å². The molecular formula is C25H30N4O3S. The summed E-state index contributed by atoms with van der Waals surface area (Å²) in [5, 5.41) is 4.08. The lowest BCUT2D eigenvalue weighted by Crippen LogP contribution is -2.39. The number of benzene rings is 2. The van der Waals surface area contributed by atoms with Gasteiger partial charge < -0.3 is 4.57 Å². The van der Waals surface area contributed by atoms with Gasteiger partial charge in [0.05, 0.1) is 18.2 Å². The summed E-state index contributed by atoms with van der Waals surface area (Å²) in [6.45, 7) is 9.60. The zero-order valence-corrected chi connectivity index (χ0v) is 20.7. The number of rotatable bonds is 7. The Balaban J connectivity index is 1.77. The molecule has 174 valence electrons. The number of hydrazone groups is 1. The number of nitrogens with zero attached hydrogens (tertiary/aromatic N) is 3. The zero-order chi connectivity index (χ0) is 24.3. The topological polar surface area (TPSA) is 83.8 Å². The summed E-state index contributed by atoms with van der Waals surface area (Å²) < 4.78 is 27.8. The van der Waals surface area contributed by atoms with Crippen LogP contribution < -0.4 is 9.73 Å². The van der Waals surface area contributed by atoms with Crippen LogP contribution in [0, 0.1) is 34.6 Å². The lowest BCUT2D eigenvalue weighted by molar-refractivity contribution is -0.119. The molecule has 0 aliphatic rings. The van der Waals surface area contributed by atoms with Crippen LogP contribution in [0.4, 0.5) is 5.69 Å². The van der Waals surface area contributed by atoms with Gasteiger partial charge in [-0.3, -0.25) is 9.10 Å². The van der Waals surface area contributed by atoms with Gasteiger partial charge in [0.25, 0.3) is 5.91 Å². The van der Waals surface area contributed by atoms with Crippen molar-refractivity contribution in [3.05, 3.63) is 82.2 Å². The number of aromatic nitrogens is 1. The van der Waals surface area contributed by atoms with Crippen LogP contribution in [0.25, 0.3) is 5.69 Å². The van der Waals surface area contributed by atoms with Crippen molar-refractivity contribution in [2.45, 2.75) is 34.6 Å². The molecule has 0 bridgehead atoms. The maximum atomic E-state index is 12.5. The molecule has 0 aliphatic heterocycles. The van der Waals surface area contributed by atoms with Gasteiger partial charge in [-0.25, -0.2) is 13.8 Å². The number of carbonyl (C=O) groups excluding carboxylic acids is 1. The number of hydrogen-bond acceptors (Lipinski definition) is 4. The number of nitrogens with one attached hydrogen (secondary N) is 1. The van der Waals surface area contributed by atoms with E-state index in [9.17, 15) is 13.2 Å². The molecule has 2 aromatic carbocycles. The standard InChI is InChI=1S/C25H30N4O3S/c1-17-11-18(2)13-23(12-17)29-20(4)14-22(21(29)5)15-26-27-25(30)16-28(33(6,31)32)24-10-8-7-9-19(24)3/h7-15H,16H2,1-6H3,(H,27,30)/b26-15+. The van der Waals surface area contributed by atoms with Crippen molar-refractivity contribution in [2.75, 3.05) is 17.1 Å². The molecule has 33 heavy (non-hydrogen) atoms. The Kier molecular flexibility index (Phi) is 7.07. The highest BCUT2D eigenvalue weighted by molar-refractivity contribution is 7.92. The van der Waals surface area contributed by atoms with Gasteiger partial charge in [0.2, 0.25) is 10.0 Å². The highest BCUT2D eigenvalue weighted by Gasteiger charge is 2.22. The number of sulfonamides is 1. The molecule has 1 N–H and O–H groups in total. The Hall–Kier alpha value is -3.39. The van der Waals surface area contributed by atoms with Gasteiger partial charge in [-0.2, -0.15) is 5.10 Å². The van der Waals surface area contributed by atoms with Crippen molar-refractivity contribution in [3.8, 4) is 5.69 Å². The third kappa shape index (κ3) is 5.70. The van der Waals surface area contributed by atoms with Crippen LogP contribution in [0.2, 0.25) is 0 Å². The summed E-state index contributed by atoms with van der Waals surface area (Å²) in [5.41, 5.74) is 10.0. The predicted octanol–water partition coefficient (Wildman–Crippen LogP) is 3.94. The van der Waals surface area contributed by atoms with Gasteiger partial charge >= 0.3 is 0 Å². The summed E-state index contributed by atoms with van der Waals surface area (Å²) in [4.78, 5) is 12.5. The molecule has 1 amide bonds. The monoisotopic (exact) mass is 466 g/mol. The number of aryl methyl sites for hydroxylation is 4. The molecule has 8 heteroatoms. The molecule has 0 fully saturated rings. The van der Waals surface area contributed by atoms with E-state index < -0.39 is 15.9 Å². The summed E-state index contributed by atoms with van der Waals surface area (Å²) in [5.74, 6) is -0.525. The second kappa shape index (κ2) is 9.62. The smallest absolute Gasteiger partial charge is 0.260 e. The molecule has 0 aliphatic carbocycles. The van der Waals surface area contributed by atoms with Crippen LogP contribution in [-0.2, 0) is 14.8 Å². The summed E-state index contributed by atoms with van der Waals surface area (Å²) in [6, 6.07) is 15.4. The first kappa shape index (κ1) is 24.3. The molecule has 0 saturated carbocycles. The number of hydrogen-bond donors (Lipinski definition) is 1. The van der Waals surface area contributed by atoms with E-state index in [4.69, 9.17) is 0 Å². The minimum absolute atomic E-state index is 0.359. The van der Waals surface area contributed by atoms with Gasteiger partial charge in [0.15, 0.2) is 0 Å². The van der Waals surface area contributed by atoms with Crippen LogP contribution >= 0.6 is 0 Å². The number of anilines is 1. The van der Waals surface area contributed by atoms with Gasteiger partial charge in [-0.1, -0.05) is 24.3 Å². The molecule has 1 aromatic heterocycles.